The first-order chi connectivity index (χ1) is 11.3. The maximum absolute atomic E-state index is 13.5. The molecule has 0 aliphatic heterocycles. The van der Waals surface area contributed by atoms with Crippen LogP contribution in [0.15, 0.2) is 36.4 Å². The Hall–Kier alpha value is -2.83. The summed E-state index contributed by atoms with van der Waals surface area (Å²) in [5.41, 5.74) is -0.354. The number of benzene rings is 2. The lowest BCUT2D eigenvalue weighted by atomic mass is 10.1. The second-order valence-electron chi connectivity index (χ2n) is 5.07. The van der Waals surface area contributed by atoms with E-state index in [1.54, 1.807) is 0 Å². The molecular weight excluding hydrogens is 323 g/mol. The minimum absolute atomic E-state index is 0.0197. The van der Waals surface area contributed by atoms with Crippen LogP contribution in [-0.4, -0.2) is 17.8 Å². The van der Waals surface area contributed by atoms with Crippen molar-refractivity contribution in [2.75, 3.05) is 5.32 Å². The molecular formula is C17H14F3NO3. The van der Waals surface area contributed by atoms with Gasteiger partial charge < -0.3 is 10.1 Å². The van der Waals surface area contributed by atoms with Crippen molar-refractivity contribution in [2.45, 2.75) is 20.0 Å². The number of halogens is 3. The van der Waals surface area contributed by atoms with E-state index in [0.717, 1.165) is 30.3 Å². The number of anilines is 1. The van der Waals surface area contributed by atoms with Crippen LogP contribution in [0.1, 0.15) is 24.2 Å². The van der Waals surface area contributed by atoms with Crippen molar-refractivity contribution in [1.29, 1.82) is 0 Å². The van der Waals surface area contributed by atoms with Gasteiger partial charge in [-0.2, -0.15) is 0 Å². The number of hydrogen-bond acceptors (Lipinski definition) is 3. The van der Waals surface area contributed by atoms with Crippen molar-refractivity contribution >= 4 is 17.4 Å². The highest BCUT2D eigenvalue weighted by Crippen LogP contribution is 2.22. The number of hydrogen-bond donors (Lipinski definition) is 1. The molecule has 0 heterocycles. The summed E-state index contributed by atoms with van der Waals surface area (Å²) in [6, 6.07) is 5.93. The van der Waals surface area contributed by atoms with Crippen molar-refractivity contribution in [3.05, 3.63) is 59.4 Å². The van der Waals surface area contributed by atoms with Crippen LogP contribution in [0.5, 0.6) is 5.75 Å². The van der Waals surface area contributed by atoms with E-state index in [2.05, 4.69) is 5.32 Å². The number of amides is 1. The molecule has 0 saturated carbocycles. The number of ketones is 1. The Labute approximate surface area is 136 Å². The second-order valence-corrected chi connectivity index (χ2v) is 5.07. The molecule has 0 radical (unpaired) electrons. The Bertz CT molecular complexity index is 793. The molecule has 0 bridgehead atoms. The highest BCUT2D eigenvalue weighted by molar-refractivity contribution is 5.97. The van der Waals surface area contributed by atoms with E-state index < -0.39 is 35.2 Å². The average molecular weight is 337 g/mol. The fourth-order valence-corrected chi connectivity index (χ4v) is 1.95. The van der Waals surface area contributed by atoms with Crippen LogP contribution in [0, 0.1) is 17.5 Å². The first-order valence-corrected chi connectivity index (χ1v) is 7.01. The summed E-state index contributed by atoms with van der Waals surface area (Å²) in [5.74, 6) is -3.30. The molecule has 2 aromatic rings. The Balaban J connectivity index is 2.15. The van der Waals surface area contributed by atoms with Gasteiger partial charge in [0.25, 0.3) is 5.91 Å². The Morgan fingerprint density at radius 1 is 1.04 bits per heavy atom. The average Bonchev–Trinajstić information content (AvgIpc) is 2.52. The van der Waals surface area contributed by atoms with Gasteiger partial charge in [0.05, 0.1) is 11.3 Å². The molecule has 1 atom stereocenters. The third kappa shape index (κ3) is 4.13. The molecule has 2 rings (SSSR count). The van der Waals surface area contributed by atoms with Gasteiger partial charge in [-0.1, -0.05) is 0 Å². The summed E-state index contributed by atoms with van der Waals surface area (Å²) < 4.78 is 45.2. The minimum atomic E-state index is -1.13. The molecule has 24 heavy (non-hydrogen) atoms. The molecule has 0 aromatic heterocycles. The van der Waals surface area contributed by atoms with Crippen molar-refractivity contribution in [3.63, 3.8) is 0 Å². The smallest absolute Gasteiger partial charge is 0.265 e. The molecule has 2 aromatic carbocycles. The van der Waals surface area contributed by atoms with Gasteiger partial charge in [-0.15, -0.1) is 0 Å². The number of carbonyl (C=O) groups is 2. The summed E-state index contributed by atoms with van der Waals surface area (Å²) in [6.45, 7) is 2.59. The van der Waals surface area contributed by atoms with E-state index in [4.69, 9.17) is 4.74 Å². The molecule has 0 saturated heterocycles. The van der Waals surface area contributed by atoms with Gasteiger partial charge in [0.2, 0.25) is 0 Å². The van der Waals surface area contributed by atoms with Crippen LogP contribution in [-0.2, 0) is 4.79 Å². The second kappa shape index (κ2) is 7.16. The summed E-state index contributed by atoms with van der Waals surface area (Å²) in [6.07, 6.45) is -1.13. The van der Waals surface area contributed by atoms with Gasteiger partial charge in [-0.3, -0.25) is 9.59 Å². The molecule has 0 unspecified atom stereocenters. The van der Waals surface area contributed by atoms with E-state index in [1.807, 2.05) is 0 Å². The number of Topliss-reactive ketones (excluding diaryl/α,β-unsaturated/α-hetero) is 1. The standard InChI is InChI=1S/C17H14F3NO3/c1-9(22)13-7-11(18)4-6-16(13)24-10(2)17(23)21-15-8-12(19)3-5-14(15)20/h3-8,10H,1-2H3,(H,21,23)/t10-/m0/s1. The normalized spacial score (nSPS) is 11.7. The monoisotopic (exact) mass is 337 g/mol. The predicted molar refractivity (Wildman–Crippen MR) is 81.5 cm³/mol. The first kappa shape index (κ1) is 17.5. The molecule has 7 heteroatoms. The van der Waals surface area contributed by atoms with Crippen molar-refractivity contribution in [2.24, 2.45) is 0 Å². The number of nitrogens with one attached hydrogen (secondary N) is 1. The van der Waals surface area contributed by atoms with Crippen LogP contribution in [0.3, 0.4) is 0 Å². The van der Waals surface area contributed by atoms with Crippen LogP contribution in [0.4, 0.5) is 18.9 Å². The topological polar surface area (TPSA) is 55.4 Å². The molecule has 1 amide bonds. The van der Waals surface area contributed by atoms with Crippen molar-refractivity contribution in [1.82, 2.24) is 0 Å². The number of ether oxygens (including phenoxy) is 1. The Morgan fingerprint density at radius 2 is 1.67 bits per heavy atom. The van der Waals surface area contributed by atoms with E-state index in [0.29, 0.717) is 0 Å². The molecule has 126 valence electrons. The van der Waals surface area contributed by atoms with Gasteiger partial charge >= 0.3 is 0 Å². The third-order valence-electron chi connectivity index (χ3n) is 3.18. The Kier molecular flexibility index (Phi) is 5.23. The van der Waals surface area contributed by atoms with Crippen LogP contribution < -0.4 is 10.1 Å². The van der Waals surface area contributed by atoms with E-state index in [-0.39, 0.29) is 17.0 Å². The third-order valence-corrected chi connectivity index (χ3v) is 3.18. The summed E-state index contributed by atoms with van der Waals surface area (Å²) >= 11 is 0. The lowest BCUT2D eigenvalue weighted by Crippen LogP contribution is -2.31. The Morgan fingerprint density at radius 3 is 2.33 bits per heavy atom. The fourth-order valence-electron chi connectivity index (χ4n) is 1.95. The zero-order valence-electron chi connectivity index (χ0n) is 12.9. The van der Waals surface area contributed by atoms with Crippen LogP contribution >= 0.6 is 0 Å². The molecule has 0 fully saturated rings. The maximum atomic E-state index is 13.5. The van der Waals surface area contributed by atoms with Gasteiger partial charge in [-0.25, -0.2) is 13.2 Å². The van der Waals surface area contributed by atoms with Crippen molar-refractivity contribution < 1.29 is 27.5 Å². The number of carbonyl (C=O) groups excluding carboxylic acids is 2. The lowest BCUT2D eigenvalue weighted by Gasteiger charge is -2.17. The quantitative estimate of drug-likeness (QED) is 0.846. The van der Waals surface area contributed by atoms with Crippen LogP contribution in [0.25, 0.3) is 0 Å². The minimum Gasteiger partial charge on any atom is -0.480 e. The highest BCUT2D eigenvalue weighted by atomic mass is 19.1. The fraction of sp³-hybridized carbons (Fsp3) is 0.176. The molecule has 1 N–H and O–H groups in total. The van der Waals surface area contributed by atoms with Crippen LogP contribution in [0.2, 0.25) is 0 Å². The zero-order chi connectivity index (χ0) is 17.9. The van der Waals surface area contributed by atoms with E-state index in [1.165, 1.54) is 19.9 Å². The van der Waals surface area contributed by atoms with E-state index in [9.17, 15) is 22.8 Å². The van der Waals surface area contributed by atoms with E-state index >= 15 is 0 Å². The first-order valence-electron chi connectivity index (χ1n) is 7.01. The largest absolute Gasteiger partial charge is 0.480 e. The van der Waals surface area contributed by atoms with Gasteiger partial charge in [0, 0.05) is 6.07 Å². The predicted octanol–water partition coefficient (Wildman–Crippen LogP) is 3.71. The molecule has 4 nitrogen and oxygen atoms in total. The SMILES string of the molecule is CC(=O)c1cc(F)ccc1O[C@@H](C)C(=O)Nc1cc(F)ccc1F. The number of rotatable bonds is 5. The summed E-state index contributed by atoms with van der Waals surface area (Å²) in [4.78, 5) is 23.5. The maximum Gasteiger partial charge on any atom is 0.265 e. The highest BCUT2D eigenvalue weighted by Gasteiger charge is 2.19. The summed E-state index contributed by atoms with van der Waals surface area (Å²) in [7, 11) is 0. The van der Waals surface area contributed by atoms with Crippen molar-refractivity contribution in [3.8, 4) is 5.75 Å². The molecule has 0 aliphatic carbocycles. The van der Waals surface area contributed by atoms with Gasteiger partial charge in [0.1, 0.15) is 23.2 Å². The van der Waals surface area contributed by atoms with Gasteiger partial charge in [-0.05, 0) is 44.2 Å². The molecule has 0 spiro atoms. The lowest BCUT2D eigenvalue weighted by molar-refractivity contribution is -0.122. The molecule has 0 aliphatic rings. The van der Waals surface area contributed by atoms with Gasteiger partial charge in [0.15, 0.2) is 11.9 Å². The summed E-state index contributed by atoms with van der Waals surface area (Å²) in [5, 5.41) is 2.19. The zero-order valence-corrected chi connectivity index (χ0v) is 12.9.